The van der Waals surface area contributed by atoms with Crippen LogP contribution in [0.4, 0.5) is 5.69 Å². The molecule has 1 aromatic carbocycles. The van der Waals surface area contributed by atoms with Crippen LogP contribution in [-0.4, -0.2) is 24.0 Å². The number of carbonyl (C=O) groups is 1. The molecule has 1 saturated heterocycles. The zero-order valence-electron chi connectivity index (χ0n) is 11.1. The van der Waals surface area contributed by atoms with Crippen LogP contribution in [-0.2, 0) is 4.79 Å². The minimum Gasteiger partial charge on any atom is -0.361 e. The maximum Gasteiger partial charge on any atom is 0.221 e. The van der Waals surface area contributed by atoms with Crippen molar-refractivity contribution in [2.24, 2.45) is 0 Å². The molecule has 0 unspecified atom stereocenters. The largest absolute Gasteiger partial charge is 0.361 e. The van der Waals surface area contributed by atoms with Crippen LogP contribution in [0.1, 0.15) is 31.2 Å². The van der Waals surface area contributed by atoms with Gasteiger partial charge in [0.05, 0.1) is 0 Å². The Kier molecular flexibility index (Phi) is 3.25. The van der Waals surface area contributed by atoms with Crippen molar-refractivity contribution < 1.29 is 4.79 Å². The van der Waals surface area contributed by atoms with Gasteiger partial charge in [0.25, 0.3) is 0 Å². The second kappa shape index (κ2) is 5.05. The van der Waals surface area contributed by atoms with Crippen LogP contribution in [0.2, 0.25) is 0 Å². The molecule has 19 heavy (non-hydrogen) atoms. The maximum absolute atomic E-state index is 11.1. The molecule has 4 nitrogen and oxygen atoms in total. The van der Waals surface area contributed by atoms with E-state index in [0.29, 0.717) is 5.92 Å². The van der Waals surface area contributed by atoms with Gasteiger partial charge < -0.3 is 15.6 Å². The number of nitrogens with one attached hydrogen (secondary N) is 3. The van der Waals surface area contributed by atoms with E-state index < -0.39 is 0 Å². The Bertz CT molecular complexity index is 596. The number of carbonyl (C=O) groups excluding carboxylic acids is 1. The molecule has 100 valence electrons. The van der Waals surface area contributed by atoms with E-state index in [-0.39, 0.29) is 5.91 Å². The third kappa shape index (κ3) is 2.49. The van der Waals surface area contributed by atoms with Crippen LogP contribution in [0.3, 0.4) is 0 Å². The highest BCUT2D eigenvalue weighted by Gasteiger charge is 2.18. The van der Waals surface area contributed by atoms with Crippen LogP contribution < -0.4 is 10.6 Å². The zero-order valence-corrected chi connectivity index (χ0v) is 11.1. The quantitative estimate of drug-likeness (QED) is 0.774. The Hall–Kier alpha value is -1.81. The van der Waals surface area contributed by atoms with Gasteiger partial charge in [-0.05, 0) is 55.6 Å². The van der Waals surface area contributed by atoms with Crippen molar-refractivity contribution >= 4 is 22.5 Å². The molecule has 0 bridgehead atoms. The number of piperidine rings is 1. The fraction of sp³-hybridized carbons (Fsp3) is 0.400. The molecular weight excluding hydrogens is 238 g/mol. The Balaban J connectivity index is 1.97. The Morgan fingerprint density at radius 3 is 2.84 bits per heavy atom. The molecule has 2 heterocycles. The molecule has 0 saturated carbocycles. The molecule has 1 aliphatic heterocycles. The Morgan fingerprint density at radius 1 is 1.32 bits per heavy atom. The predicted molar refractivity (Wildman–Crippen MR) is 77.4 cm³/mol. The van der Waals surface area contributed by atoms with Crippen molar-refractivity contribution in [2.45, 2.75) is 25.7 Å². The minimum atomic E-state index is -0.0293. The summed E-state index contributed by atoms with van der Waals surface area (Å²) in [7, 11) is 0. The predicted octanol–water partition coefficient (Wildman–Crippen LogP) is 2.59. The number of amides is 1. The van der Waals surface area contributed by atoms with Gasteiger partial charge in [0, 0.05) is 29.7 Å². The summed E-state index contributed by atoms with van der Waals surface area (Å²) >= 11 is 0. The normalized spacial score (nSPS) is 16.7. The molecule has 0 spiro atoms. The van der Waals surface area contributed by atoms with Gasteiger partial charge in [-0.25, -0.2) is 0 Å². The van der Waals surface area contributed by atoms with Gasteiger partial charge in [-0.15, -0.1) is 0 Å². The van der Waals surface area contributed by atoms with Gasteiger partial charge in [-0.2, -0.15) is 0 Å². The number of hydrogen-bond acceptors (Lipinski definition) is 2. The van der Waals surface area contributed by atoms with Gasteiger partial charge >= 0.3 is 0 Å². The topological polar surface area (TPSA) is 56.9 Å². The summed E-state index contributed by atoms with van der Waals surface area (Å²) in [5.74, 6) is 0.584. The number of aromatic nitrogens is 1. The van der Waals surface area contributed by atoms with Crippen molar-refractivity contribution in [2.75, 3.05) is 18.4 Å². The van der Waals surface area contributed by atoms with Crippen molar-refractivity contribution in [3.05, 3.63) is 30.0 Å². The fourth-order valence-electron chi connectivity index (χ4n) is 2.89. The molecule has 0 radical (unpaired) electrons. The SMILES string of the molecule is CC(=O)Nc1ccc2[nH]cc(C3CCNCC3)c2c1. The highest BCUT2D eigenvalue weighted by molar-refractivity contribution is 5.93. The lowest BCUT2D eigenvalue weighted by Gasteiger charge is -2.22. The fourth-order valence-corrected chi connectivity index (χ4v) is 2.89. The molecule has 1 aliphatic rings. The monoisotopic (exact) mass is 257 g/mol. The number of anilines is 1. The Morgan fingerprint density at radius 2 is 2.11 bits per heavy atom. The first-order valence-corrected chi connectivity index (χ1v) is 6.83. The first kappa shape index (κ1) is 12.2. The lowest BCUT2D eigenvalue weighted by molar-refractivity contribution is -0.114. The highest BCUT2D eigenvalue weighted by Crippen LogP contribution is 2.32. The number of hydrogen-bond donors (Lipinski definition) is 3. The van der Waals surface area contributed by atoms with Crippen LogP contribution in [0.15, 0.2) is 24.4 Å². The molecule has 3 rings (SSSR count). The molecule has 1 aromatic heterocycles. The second-order valence-corrected chi connectivity index (χ2v) is 5.21. The van der Waals surface area contributed by atoms with Gasteiger partial charge in [0.15, 0.2) is 0 Å². The van der Waals surface area contributed by atoms with E-state index in [1.807, 2.05) is 12.1 Å². The third-order valence-corrected chi connectivity index (χ3v) is 3.81. The molecule has 0 aliphatic carbocycles. The van der Waals surface area contributed by atoms with E-state index in [0.717, 1.165) is 24.3 Å². The van der Waals surface area contributed by atoms with Crippen LogP contribution >= 0.6 is 0 Å². The van der Waals surface area contributed by atoms with E-state index in [2.05, 4.69) is 27.9 Å². The van der Waals surface area contributed by atoms with Gasteiger partial charge in [0.2, 0.25) is 5.91 Å². The van der Waals surface area contributed by atoms with E-state index in [4.69, 9.17) is 0 Å². The molecule has 2 aromatic rings. The molecule has 1 fully saturated rings. The molecular formula is C15H19N3O. The molecule has 3 N–H and O–H groups in total. The van der Waals surface area contributed by atoms with Crippen molar-refractivity contribution in [1.82, 2.24) is 10.3 Å². The smallest absolute Gasteiger partial charge is 0.221 e. The number of aromatic amines is 1. The summed E-state index contributed by atoms with van der Waals surface area (Å²) in [5, 5.41) is 7.48. The molecule has 1 amide bonds. The number of H-pyrrole nitrogens is 1. The van der Waals surface area contributed by atoms with E-state index in [1.165, 1.54) is 30.7 Å². The first-order chi connectivity index (χ1) is 9.24. The number of benzene rings is 1. The Labute approximate surface area is 112 Å². The highest BCUT2D eigenvalue weighted by atomic mass is 16.1. The second-order valence-electron chi connectivity index (χ2n) is 5.21. The van der Waals surface area contributed by atoms with E-state index in [1.54, 1.807) is 0 Å². The standard InChI is InChI=1S/C15H19N3O/c1-10(19)18-12-2-3-15-13(8-12)14(9-17-15)11-4-6-16-7-5-11/h2-3,8-9,11,16-17H,4-7H2,1H3,(H,18,19). The summed E-state index contributed by atoms with van der Waals surface area (Å²) in [6, 6.07) is 6.04. The maximum atomic E-state index is 11.1. The number of rotatable bonds is 2. The molecule has 4 heteroatoms. The summed E-state index contributed by atoms with van der Waals surface area (Å²) in [6.07, 6.45) is 4.48. The summed E-state index contributed by atoms with van der Waals surface area (Å²) in [6.45, 7) is 3.71. The first-order valence-electron chi connectivity index (χ1n) is 6.83. The van der Waals surface area contributed by atoms with Crippen molar-refractivity contribution in [3.63, 3.8) is 0 Å². The van der Waals surface area contributed by atoms with Gasteiger partial charge in [-0.3, -0.25) is 4.79 Å². The van der Waals surface area contributed by atoms with Gasteiger partial charge in [-0.1, -0.05) is 0 Å². The van der Waals surface area contributed by atoms with Gasteiger partial charge in [0.1, 0.15) is 0 Å². The zero-order chi connectivity index (χ0) is 13.2. The van der Waals surface area contributed by atoms with Crippen LogP contribution in [0.25, 0.3) is 10.9 Å². The van der Waals surface area contributed by atoms with E-state index >= 15 is 0 Å². The average Bonchev–Trinajstić information content (AvgIpc) is 2.82. The minimum absolute atomic E-state index is 0.0293. The van der Waals surface area contributed by atoms with Crippen LogP contribution in [0.5, 0.6) is 0 Å². The van der Waals surface area contributed by atoms with Crippen molar-refractivity contribution in [1.29, 1.82) is 0 Å². The lowest BCUT2D eigenvalue weighted by atomic mass is 9.90. The van der Waals surface area contributed by atoms with E-state index in [9.17, 15) is 4.79 Å². The summed E-state index contributed by atoms with van der Waals surface area (Å²) < 4.78 is 0. The number of fused-ring (bicyclic) bond motifs is 1. The lowest BCUT2D eigenvalue weighted by Crippen LogP contribution is -2.26. The van der Waals surface area contributed by atoms with Crippen LogP contribution in [0, 0.1) is 0 Å². The summed E-state index contributed by atoms with van der Waals surface area (Å²) in [4.78, 5) is 14.5. The van der Waals surface area contributed by atoms with Crippen molar-refractivity contribution in [3.8, 4) is 0 Å². The molecule has 0 atom stereocenters. The third-order valence-electron chi connectivity index (χ3n) is 3.81. The summed E-state index contributed by atoms with van der Waals surface area (Å²) in [5.41, 5.74) is 3.39. The average molecular weight is 257 g/mol.